The van der Waals surface area contributed by atoms with Gasteiger partial charge in [0.05, 0.1) is 0 Å². The van der Waals surface area contributed by atoms with Gasteiger partial charge >= 0.3 is 0 Å². The minimum absolute atomic E-state index is 0.0244. The van der Waals surface area contributed by atoms with Crippen molar-refractivity contribution in [2.24, 2.45) is 5.73 Å². The van der Waals surface area contributed by atoms with Gasteiger partial charge in [-0.3, -0.25) is 0 Å². The largest absolute Gasteiger partial charge is 0.324 e. The van der Waals surface area contributed by atoms with E-state index in [4.69, 9.17) is 5.73 Å². The molecule has 2 rings (SSSR count). The molecular formula is C11H11F2N. The highest BCUT2D eigenvalue weighted by Gasteiger charge is 2.14. The molecule has 0 aromatic heterocycles. The van der Waals surface area contributed by atoms with Crippen LogP contribution in [0.4, 0.5) is 8.78 Å². The molecule has 1 aliphatic rings. The summed E-state index contributed by atoms with van der Waals surface area (Å²) in [6.07, 6.45) is 3.52. The summed E-state index contributed by atoms with van der Waals surface area (Å²) >= 11 is 0. The third kappa shape index (κ3) is 1.82. The molecule has 1 atom stereocenters. The topological polar surface area (TPSA) is 26.0 Å². The molecule has 0 aliphatic heterocycles. The van der Waals surface area contributed by atoms with Gasteiger partial charge < -0.3 is 5.73 Å². The van der Waals surface area contributed by atoms with E-state index < -0.39 is 11.6 Å². The molecule has 3 heteroatoms. The fraction of sp³-hybridized carbons (Fsp3) is 0.273. The summed E-state index contributed by atoms with van der Waals surface area (Å²) in [5, 5.41) is 0. The fourth-order valence-electron chi connectivity index (χ4n) is 1.73. The van der Waals surface area contributed by atoms with Crippen LogP contribution in [0.5, 0.6) is 0 Å². The molecule has 1 unspecified atom stereocenters. The molecule has 0 saturated heterocycles. The maximum Gasteiger partial charge on any atom is 0.126 e. The van der Waals surface area contributed by atoms with Crippen molar-refractivity contribution in [3.05, 3.63) is 41.5 Å². The molecule has 2 N–H and O–H groups in total. The fourth-order valence-corrected chi connectivity index (χ4v) is 1.73. The SMILES string of the molecule is NC1C=C(c2cc(F)cc(F)c2)CC1. The number of hydrogen-bond donors (Lipinski definition) is 1. The molecule has 0 fully saturated rings. The Bertz CT molecular complexity index is 365. The Hall–Kier alpha value is -1.22. The number of halogens is 2. The third-order valence-corrected chi connectivity index (χ3v) is 2.40. The van der Waals surface area contributed by atoms with Crippen LogP contribution in [0.2, 0.25) is 0 Å². The summed E-state index contributed by atoms with van der Waals surface area (Å²) in [4.78, 5) is 0. The van der Waals surface area contributed by atoms with Gasteiger partial charge in [0, 0.05) is 12.1 Å². The maximum atomic E-state index is 12.9. The van der Waals surface area contributed by atoms with E-state index >= 15 is 0 Å². The molecule has 1 aliphatic carbocycles. The van der Waals surface area contributed by atoms with Gasteiger partial charge in [0.1, 0.15) is 11.6 Å². The second kappa shape index (κ2) is 3.50. The van der Waals surface area contributed by atoms with Crippen LogP contribution in [-0.2, 0) is 0 Å². The first kappa shape index (κ1) is 9.34. The minimum Gasteiger partial charge on any atom is -0.324 e. The Kier molecular flexibility index (Phi) is 2.33. The van der Waals surface area contributed by atoms with E-state index in [-0.39, 0.29) is 6.04 Å². The second-order valence-electron chi connectivity index (χ2n) is 3.55. The third-order valence-electron chi connectivity index (χ3n) is 2.40. The molecule has 0 saturated carbocycles. The van der Waals surface area contributed by atoms with E-state index in [1.54, 1.807) is 0 Å². The van der Waals surface area contributed by atoms with Crippen molar-refractivity contribution in [3.63, 3.8) is 0 Å². The quantitative estimate of drug-likeness (QED) is 0.731. The van der Waals surface area contributed by atoms with Crippen LogP contribution in [0.25, 0.3) is 5.57 Å². The Morgan fingerprint density at radius 1 is 1.14 bits per heavy atom. The molecule has 0 amide bonds. The normalized spacial score (nSPS) is 21.1. The number of benzene rings is 1. The van der Waals surface area contributed by atoms with Crippen molar-refractivity contribution in [3.8, 4) is 0 Å². The van der Waals surface area contributed by atoms with Crippen molar-refractivity contribution >= 4 is 5.57 Å². The van der Waals surface area contributed by atoms with E-state index in [0.29, 0.717) is 5.56 Å². The predicted octanol–water partition coefficient (Wildman–Crippen LogP) is 2.47. The van der Waals surface area contributed by atoms with Gasteiger partial charge in [-0.2, -0.15) is 0 Å². The Labute approximate surface area is 81.2 Å². The van der Waals surface area contributed by atoms with Crippen molar-refractivity contribution in [1.29, 1.82) is 0 Å². The minimum atomic E-state index is -0.540. The summed E-state index contributed by atoms with van der Waals surface area (Å²) in [6.45, 7) is 0. The Morgan fingerprint density at radius 3 is 2.29 bits per heavy atom. The first-order chi connectivity index (χ1) is 6.65. The van der Waals surface area contributed by atoms with Gasteiger partial charge in [0.15, 0.2) is 0 Å². The first-order valence-electron chi connectivity index (χ1n) is 4.58. The monoisotopic (exact) mass is 195 g/mol. The van der Waals surface area contributed by atoms with Crippen molar-refractivity contribution in [1.82, 2.24) is 0 Å². The second-order valence-corrected chi connectivity index (χ2v) is 3.55. The molecule has 0 bridgehead atoms. The number of nitrogens with two attached hydrogens (primary N) is 1. The average Bonchev–Trinajstić information content (AvgIpc) is 2.50. The predicted molar refractivity (Wildman–Crippen MR) is 51.5 cm³/mol. The molecule has 14 heavy (non-hydrogen) atoms. The van der Waals surface area contributed by atoms with E-state index in [2.05, 4.69) is 0 Å². The Balaban J connectivity index is 2.37. The number of hydrogen-bond acceptors (Lipinski definition) is 1. The highest BCUT2D eigenvalue weighted by molar-refractivity contribution is 5.68. The molecule has 1 aromatic rings. The van der Waals surface area contributed by atoms with Crippen molar-refractivity contribution in [2.45, 2.75) is 18.9 Å². The smallest absolute Gasteiger partial charge is 0.126 e. The van der Waals surface area contributed by atoms with Crippen LogP contribution in [0.1, 0.15) is 18.4 Å². The number of allylic oxidation sites excluding steroid dienone is 1. The zero-order valence-corrected chi connectivity index (χ0v) is 7.63. The lowest BCUT2D eigenvalue weighted by atomic mass is 10.1. The maximum absolute atomic E-state index is 12.9. The van der Waals surface area contributed by atoms with Crippen LogP contribution in [0.15, 0.2) is 24.3 Å². The zero-order chi connectivity index (χ0) is 10.1. The Morgan fingerprint density at radius 2 is 1.79 bits per heavy atom. The van der Waals surface area contributed by atoms with Crippen LogP contribution in [0.3, 0.4) is 0 Å². The molecule has 0 spiro atoms. The van der Waals surface area contributed by atoms with Crippen LogP contribution in [-0.4, -0.2) is 6.04 Å². The summed E-state index contributed by atoms with van der Waals surface area (Å²) in [6, 6.07) is 3.58. The zero-order valence-electron chi connectivity index (χ0n) is 7.63. The van der Waals surface area contributed by atoms with Crippen LogP contribution in [0, 0.1) is 11.6 Å². The van der Waals surface area contributed by atoms with E-state index in [0.717, 1.165) is 24.5 Å². The van der Waals surface area contributed by atoms with E-state index in [1.165, 1.54) is 12.1 Å². The summed E-state index contributed by atoms with van der Waals surface area (Å²) in [5.41, 5.74) is 7.22. The van der Waals surface area contributed by atoms with Crippen LogP contribution < -0.4 is 5.73 Å². The van der Waals surface area contributed by atoms with Gasteiger partial charge in [-0.05, 0) is 36.1 Å². The van der Waals surface area contributed by atoms with Crippen molar-refractivity contribution in [2.75, 3.05) is 0 Å². The highest BCUT2D eigenvalue weighted by Crippen LogP contribution is 2.27. The van der Waals surface area contributed by atoms with E-state index in [1.807, 2.05) is 6.08 Å². The standard InChI is InChI=1S/C11H11F2N/c12-9-3-8(4-10(13)6-9)7-1-2-11(14)5-7/h3-6,11H,1-2,14H2. The molecular weight excluding hydrogens is 184 g/mol. The van der Waals surface area contributed by atoms with E-state index in [9.17, 15) is 8.78 Å². The lowest BCUT2D eigenvalue weighted by Crippen LogP contribution is -2.11. The average molecular weight is 195 g/mol. The molecule has 1 nitrogen and oxygen atoms in total. The molecule has 0 heterocycles. The van der Waals surface area contributed by atoms with Crippen molar-refractivity contribution < 1.29 is 8.78 Å². The van der Waals surface area contributed by atoms with Gasteiger partial charge in [-0.1, -0.05) is 6.08 Å². The lowest BCUT2D eigenvalue weighted by Gasteiger charge is -2.01. The summed E-state index contributed by atoms with van der Waals surface area (Å²) in [7, 11) is 0. The molecule has 0 radical (unpaired) electrons. The first-order valence-corrected chi connectivity index (χ1v) is 4.58. The van der Waals surface area contributed by atoms with Gasteiger partial charge in [-0.25, -0.2) is 8.78 Å². The van der Waals surface area contributed by atoms with Gasteiger partial charge in [-0.15, -0.1) is 0 Å². The van der Waals surface area contributed by atoms with Gasteiger partial charge in [0.2, 0.25) is 0 Å². The summed E-state index contributed by atoms with van der Waals surface area (Å²) < 4.78 is 25.8. The molecule has 74 valence electrons. The van der Waals surface area contributed by atoms with Crippen LogP contribution >= 0.6 is 0 Å². The lowest BCUT2D eigenvalue weighted by molar-refractivity contribution is 0.582. The van der Waals surface area contributed by atoms with Gasteiger partial charge in [0.25, 0.3) is 0 Å². The highest BCUT2D eigenvalue weighted by atomic mass is 19.1. The molecule has 1 aromatic carbocycles. The number of rotatable bonds is 1. The summed E-state index contributed by atoms with van der Waals surface area (Å²) in [5.74, 6) is -1.08.